The fraction of sp³-hybridized carbons (Fsp3) is 0.480. The zero-order chi connectivity index (χ0) is 21.0. The molecule has 0 bridgehead atoms. The lowest BCUT2D eigenvalue weighted by molar-refractivity contribution is -0.135. The van der Waals surface area contributed by atoms with Gasteiger partial charge < -0.3 is 19.1 Å². The standard InChI is InChI=1S/C25H31NO4/c1-25(2)15-21-9-6-10-22(24(21)30-25)29-18-23(27)26-13-11-20(12-14-26)17-28-16-19-7-4-3-5-8-19/h3-10,20H,11-18H2,1-2H3. The fourth-order valence-electron chi connectivity index (χ4n) is 4.20. The summed E-state index contributed by atoms with van der Waals surface area (Å²) in [5, 5.41) is 0. The smallest absolute Gasteiger partial charge is 0.260 e. The van der Waals surface area contributed by atoms with Crippen LogP contribution in [0.1, 0.15) is 37.8 Å². The molecule has 160 valence electrons. The summed E-state index contributed by atoms with van der Waals surface area (Å²) in [5.41, 5.74) is 2.11. The largest absolute Gasteiger partial charge is 0.483 e. The van der Waals surface area contributed by atoms with Crippen LogP contribution in [0.25, 0.3) is 0 Å². The molecular weight excluding hydrogens is 378 g/mol. The van der Waals surface area contributed by atoms with Crippen molar-refractivity contribution in [1.82, 2.24) is 4.90 Å². The molecule has 2 heterocycles. The Hall–Kier alpha value is -2.53. The van der Waals surface area contributed by atoms with Gasteiger partial charge in [0.25, 0.3) is 5.91 Å². The molecule has 0 aliphatic carbocycles. The van der Waals surface area contributed by atoms with Crippen molar-refractivity contribution in [3.05, 3.63) is 59.7 Å². The van der Waals surface area contributed by atoms with Gasteiger partial charge in [0.05, 0.1) is 6.61 Å². The Bertz CT molecular complexity index is 857. The Balaban J connectivity index is 1.20. The van der Waals surface area contributed by atoms with Crippen molar-refractivity contribution in [3.63, 3.8) is 0 Å². The molecule has 4 rings (SSSR count). The Kier molecular flexibility index (Phi) is 6.28. The highest BCUT2D eigenvalue weighted by atomic mass is 16.5. The highest BCUT2D eigenvalue weighted by Crippen LogP contribution is 2.41. The number of fused-ring (bicyclic) bond motifs is 1. The molecule has 1 fully saturated rings. The van der Waals surface area contributed by atoms with Crippen LogP contribution in [0.5, 0.6) is 11.5 Å². The van der Waals surface area contributed by atoms with Crippen molar-refractivity contribution in [2.45, 2.75) is 45.3 Å². The zero-order valence-corrected chi connectivity index (χ0v) is 17.9. The number of hydrogen-bond donors (Lipinski definition) is 0. The number of ether oxygens (including phenoxy) is 3. The molecular formula is C25H31NO4. The maximum absolute atomic E-state index is 12.6. The monoisotopic (exact) mass is 409 g/mol. The first kappa shape index (κ1) is 20.7. The maximum atomic E-state index is 12.6. The van der Waals surface area contributed by atoms with Gasteiger partial charge in [0.15, 0.2) is 18.1 Å². The first-order chi connectivity index (χ1) is 14.5. The third kappa shape index (κ3) is 5.14. The van der Waals surface area contributed by atoms with E-state index in [2.05, 4.69) is 32.0 Å². The number of carbonyl (C=O) groups is 1. The third-order valence-corrected chi connectivity index (χ3v) is 5.84. The van der Waals surface area contributed by atoms with Crippen molar-refractivity contribution in [2.24, 2.45) is 5.92 Å². The van der Waals surface area contributed by atoms with Crippen LogP contribution in [0.2, 0.25) is 0 Å². The molecule has 0 atom stereocenters. The summed E-state index contributed by atoms with van der Waals surface area (Å²) in [5.74, 6) is 1.99. The number of piperidine rings is 1. The lowest BCUT2D eigenvalue weighted by Crippen LogP contribution is -2.41. The molecule has 0 unspecified atom stereocenters. The second-order valence-electron chi connectivity index (χ2n) is 8.90. The molecule has 0 spiro atoms. The van der Waals surface area contributed by atoms with Crippen LogP contribution >= 0.6 is 0 Å². The van der Waals surface area contributed by atoms with Crippen LogP contribution in [-0.2, 0) is 22.6 Å². The van der Waals surface area contributed by atoms with Crippen molar-refractivity contribution in [1.29, 1.82) is 0 Å². The summed E-state index contributed by atoms with van der Waals surface area (Å²) >= 11 is 0. The minimum absolute atomic E-state index is 0.0357. The Labute approximate surface area is 178 Å². The quantitative estimate of drug-likeness (QED) is 0.687. The van der Waals surface area contributed by atoms with Gasteiger partial charge in [-0.15, -0.1) is 0 Å². The molecule has 1 saturated heterocycles. The number of hydrogen-bond acceptors (Lipinski definition) is 4. The van der Waals surface area contributed by atoms with Crippen LogP contribution in [0, 0.1) is 5.92 Å². The number of benzene rings is 2. The molecule has 5 heteroatoms. The molecule has 5 nitrogen and oxygen atoms in total. The molecule has 2 aliphatic heterocycles. The Morgan fingerprint density at radius 2 is 1.87 bits per heavy atom. The van der Waals surface area contributed by atoms with E-state index in [1.165, 1.54) is 5.56 Å². The SMILES string of the molecule is CC1(C)Cc2cccc(OCC(=O)N3CCC(COCc4ccccc4)CC3)c2O1. The van der Waals surface area contributed by atoms with E-state index < -0.39 is 0 Å². The first-order valence-corrected chi connectivity index (χ1v) is 10.8. The van der Waals surface area contributed by atoms with Gasteiger partial charge in [-0.1, -0.05) is 42.5 Å². The lowest BCUT2D eigenvalue weighted by Gasteiger charge is -2.32. The molecule has 30 heavy (non-hydrogen) atoms. The van der Waals surface area contributed by atoms with Crippen molar-refractivity contribution >= 4 is 5.91 Å². The lowest BCUT2D eigenvalue weighted by atomic mass is 9.98. The van der Waals surface area contributed by atoms with Crippen LogP contribution in [0.3, 0.4) is 0 Å². The van der Waals surface area contributed by atoms with E-state index >= 15 is 0 Å². The highest BCUT2D eigenvalue weighted by Gasteiger charge is 2.32. The van der Waals surface area contributed by atoms with Crippen LogP contribution < -0.4 is 9.47 Å². The summed E-state index contributed by atoms with van der Waals surface area (Å²) in [6, 6.07) is 16.1. The number of carbonyl (C=O) groups excluding carboxylic acids is 1. The summed E-state index contributed by atoms with van der Waals surface area (Å²) in [7, 11) is 0. The fourth-order valence-corrected chi connectivity index (χ4v) is 4.20. The molecule has 0 radical (unpaired) electrons. The van der Waals surface area contributed by atoms with E-state index in [0.29, 0.717) is 18.3 Å². The van der Waals surface area contributed by atoms with E-state index in [0.717, 1.165) is 50.3 Å². The average Bonchev–Trinajstić information content (AvgIpc) is 3.07. The maximum Gasteiger partial charge on any atom is 0.260 e. The van der Waals surface area contributed by atoms with Crippen LogP contribution in [0.15, 0.2) is 48.5 Å². The molecule has 1 amide bonds. The number of para-hydroxylation sites is 1. The third-order valence-electron chi connectivity index (χ3n) is 5.84. The molecule has 2 aromatic carbocycles. The molecule has 2 aromatic rings. The molecule has 0 N–H and O–H groups in total. The van der Waals surface area contributed by atoms with E-state index in [1.54, 1.807) is 0 Å². The van der Waals surface area contributed by atoms with Gasteiger partial charge in [0.1, 0.15) is 5.60 Å². The van der Waals surface area contributed by atoms with Gasteiger partial charge in [0.2, 0.25) is 0 Å². The van der Waals surface area contributed by atoms with Gasteiger partial charge in [-0.3, -0.25) is 4.79 Å². The second-order valence-corrected chi connectivity index (χ2v) is 8.90. The zero-order valence-electron chi connectivity index (χ0n) is 17.9. The second kappa shape index (κ2) is 9.09. The van der Waals surface area contributed by atoms with E-state index in [9.17, 15) is 4.79 Å². The Morgan fingerprint density at radius 3 is 2.63 bits per heavy atom. The summed E-state index contributed by atoms with van der Waals surface area (Å²) in [6.45, 7) is 7.10. The van der Waals surface area contributed by atoms with E-state index in [1.807, 2.05) is 35.2 Å². The summed E-state index contributed by atoms with van der Waals surface area (Å²) < 4.78 is 17.8. The van der Waals surface area contributed by atoms with Crippen LogP contribution in [-0.4, -0.2) is 42.7 Å². The highest BCUT2D eigenvalue weighted by molar-refractivity contribution is 5.78. The molecule has 0 saturated carbocycles. The predicted octanol–water partition coefficient (Wildman–Crippen LogP) is 4.23. The van der Waals surface area contributed by atoms with Crippen molar-refractivity contribution in [3.8, 4) is 11.5 Å². The minimum atomic E-state index is -0.226. The van der Waals surface area contributed by atoms with Gasteiger partial charge >= 0.3 is 0 Å². The summed E-state index contributed by atoms with van der Waals surface area (Å²) in [4.78, 5) is 14.5. The van der Waals surface area contributed by atoms with E-state index in [4.69, 9.17) is 14.2 Å². The number of likely N-dealkylation sites (tertiary alicyclic amines) is 1. The Morgan fingerprint density at radius 1 is 1.10 bits per heavy atom. The van der Waals surface area contributed by atoms with Gasteiger partial charge in [0, 0.05) is 31.7 Å². The predicted molar refractivity (Wildman–Crippen MR) is 116 cm³/mol. The van der Waals surface area contributed by atoms with Crippen molar-refractivity contribution in [2.75, 3.05) is 26.3 Å². The van der Waals surface area contributed by atoms with Gasteiger partial charge in [-0.25, -0.2) is 0 Å². The number of nitrogens with zero attached hydrogens (tertiary/aromatic N) is 1. The molecule has 0 aromatic heterocycles. The topological polar surface area (TPSA) is 48.0 Å². The minimum Gasteiger partial charge on any atom is -0.483 e. The van der Waals surface area contributed by atoms with Crippen molar-refractivity contribution < 1.29 is 19.0 Å². The van der Waals surface area contributed by atoms with E-state index in [-0.39, 0.29) is 18.1 Å². The molecule has 2 aliphatic rings. The first-order valence-electron chi connectivity index (χ1n) is 10.8. The normalized spacial score (nSPS) is 18.0. The number of rotatable bonds is 7. The van der Waals surface area contributed by atoms with Gasteiger partial charge in [-0.05, 0) is 44.2 Å². The average molecular weight is 410 g/mol. The summed E-state index contributed by atoms with van der Waals surface area (Å²) in [6.07, 6.45) is 2.80. The number of amides is 1. The van der Waals surface area contributed by atoms with Gasteiger partial charge in [-0.2, -0.15) is 0 Å². The van der Waals surface area contributed by atoms with Crippen LogP contribution in [0.4, 0.5) is 0 Å².